The van der Waals surface area contributed by atoms with E-state index < -0.39 is 17.9 Å². The number of carbonyl (C=O) groups excluding carboxylic acids is 2. The molecule has 0 aromatic heterocycles. The van der Waals surface area contributed by atoms with Gasteiger partial charge in [-0.3, -0.25) is 9.59 Å². The highest BCUT2D eigenvalue weighted by Gasteiger charge is 2.21. The Morgan fingerprint density at radius 1 is 1.33 bits per heavy atom. The van der Waals surface area contributed by atoms with Crippen LogP contribution in [0.4, 0.5) is 0 Å². The summed E-state index contributed by atoms with van der Waals surface area (Å²) in [6.45, 7) is 4.49. The van der Waals surface area contributed by atoms with Crippen molar-refractivity contribution in [1.29, 1.82) is 0 Å². The van der Waals surface area contributed by atoms with Crippen LogP contribution in [-0.2, 0) is 14.4 Å². The number of nitrogens with one attached hydrogen (secondary N) is 2. The highest BCUT2D eigenvalue weighted by molar-refractivity contribution is 5.84. The fourth-order valence-electron chi connectivity index (χ4n) is 1.50. The van der Waals surface area contributed by atoms with Crippen molar-refractivity contribution in [3.8, 4) is 0 Å². The van der Waals surface area contributed by atoms with Crippen molar-refractivity contribution >= 4 is 17.8 Å². The summed E-state index contributed by atoms with van der Waals surface area (Å²) in [4.78, 5) is 33.0. The van der Waals surface area contributed by atoms with Crippen molar-refractivity contribution in [3.05, 3.63) is 0 Å². The number of carboxylic acid groups (broad SMARTS) is 1. The Hall–Kier alpha value is -1.63. The van der Waals surface area contributed by atoms with Crippen molar-refractivity contribution < 1.29 is 19.5 Å². The first-order valence-electron chi connectivity index (χ1n) is 5.90. The molecule has 0 aromatic rings. The van der Waals surface area contributed by atoms with E-state index in [-0.39, 0.29) is 31.2 Å². The number of nitrogens with two attached hydrogens (primary N) is 1. The number of aliphatic carboxylic acids is 1. The minimum absolute atomic E-state index is 0.00595. The molecule has 5 N–H and O–H groups in total. The van der Waals surface area contributed by atoms with Crippen LogP contribution in [-0.4, -0.2) is 41.5 Å². The smallest absolute Gasteiger partial charge is 0.326 e. The number of hydrogen-bond acceptors (Lipinski definition) is 4. The van der Waals surface area contributed by atoms with Gasteiger partial charge in [-0.2, -0.15) is 0 Å². The summed E-state index contributed by atoms with van der Waals surface area (Å²) in [6.07, 6.45) is 0.125. The molecule has 0 bridgehead atoms. The van der Waals surface area contributed by atoms with Gasteiger partial charge in [0.2, 0.25) is 11.8 Å². The van der Waals surface area contributed by atoms with E-state index in [1.807, 2.05) is 13.8 Å². The van der Waals surface area contributed by atoms with Gasteiger partial charge in [-0.25, -0.2) is 4.79 Å². The van der Waals surface area contributed by atoms with Crippen molar-refractivity contribution in [3.63, 3.8) is 0 Å². The maximum atomic E-state index is 11.6. The second-order valence-corrected chi connectivity index (χ2v) is 4.13. The first-order valence-corrected chi connectivity index (χ1v) is 5.90. The van der Waals surface area contributed by atoms with Crippen LogP contribution in [0, 0.1) is 0 Å². The third kappa shape index (κ3) is 7.61. The molecule has 0 aliphatic rings. The van der Waals surface area contributed by atoms with E-state index in [2.05, 4.69) is 10.6 Å². The van der Waals surface area contributed by atoms with Crippen molar-refractivity contribution in [2.45, 2.75) is 45.2 Å². The molecule has 0 saturated carbocycles. The number of carboxylic acids is 1. The van der Waals surface area contributed by atoms with Crippen LogP contribution in [0.2, 0.25) is 0 Å². The van der Waals surface area contributed by atoms with E-state index in [0.29, 0.717) is 0 Å². The van der Waals surface area contributed by atoms with Gasteiger partial charge in [-0.1, -0.05) is 6.92 Å². The van der Waals surface area contributed by atoms with Crippen LogP contribution in [0.5, 0.6) is 0 Å². The molecule has 0 saturated heterocycles. The van der Waals surface area contributed by atoms with Crippen molar-refractivity contribution in [2.24, 2.45) is 5.73 Å². The molecule has 0 radical (unpaired) electrons. The fourth-order valence-corrected chi connectivity index (χ4v) is 1.50. The average Bonchev–Trinajstić information content (AvgIpc) is 2.23. The van der Waals surface area contributed by atoms with E-state index in [4.69, 9.17) is 10.8 Å². The lowest BCUT2D eigenvalue weighted by Gasteiger charge is -2.16. The summed E-state index contributed by atoms with van der Waals surface area (Å²) >= 11 is 0. The molecule has 0 aromatic carbocycles. The van der Waals surface area contributed by atoms with Gasteiger partial charge in [0.05, 0.1) is 0 Å². The molecule has 0 aliphatic carbocycles. The lowest BCUT2D eigenvalue weighted by molar-refractivity contribution is -0.142. The number of rotatable bonds is 9. The average molecular weight is 259 g/mol. The summed E-state index contributed by atoms with van der Waals surface area (Å²) in [5.74, 6) is -2.11. The Morgan fingerprint density at radius 2 is 1.94 bits per heavy atom. The molecule has 18 heavy (non-hydrogen) atoms. The number of carbonyl (C=O) groups is 3. The molecular formula is C11H21N3O4. The number of hydrogen-bond donors (Lipinski definition) is 4. The van der Waals surface area contributed by atoms with Crippen LogP contribution in [0.3, 0.4) is 0 Å². The minimum atomic E-state index is -1.17. The summed E-state index contributed by atoms with van der Waals surface area (Å²) in [5, 5.41) is 14.3. The molecule has 0 spiro atoms. The van der Waals surface area contributed by atoms with Gasteiger partial charge in [0.15, 0.2) is 0 Å². The monoisotopic (exact) mass is 259 g/mol. The van der Waals surface area contributed by atoms with Gasteiger partial charge in [-0.05, 0) is 19.9 Å². The predicted molar refractivity (Wildman–Crippen MR) is 65.8 cm³/mol. The van der Waals surface area contributed by atoms with Crippen LogP contribution >= 0.6 is 0 Å². The van der Waals surface area contributed by atoms with Gasteiger partial charge in [0.1, 0.15) is 6.04 Å². The van der Waals surface area contributed by atoms with Gasteiger partial charge >= 0.3 is 5.97 Å². The van der Waals surface area contributed by atoms with Gasteiger partial charge in [0.25, 0.3) is 0 Å². The summed E-state index contributed by atoms with van der Waals surface area (Å²) < 4.78 is 0. The second-order valence-electron chi connectivity index (χ2n) is 4.13. The maximum Gasteiger partial charge on any atom is 0.326 e. The zero-order chi connectivity index (χ0) is 14.1. The Kier molecular flexibility index (Phi) is 7.69. The second kappa shape index (κ2) is 8.46. The van der Waals surface area contributed by atoms with Gasteiger partial charge in [-0.15, -0.1) is 0 Å². The lowest BCUT2D eigenvalue weighted by atomic mass is 10.1. The zero-order valence-electron chi connectivity index (χ0n) is 10.7. The van der Waals surface area contributed by atoms with Crippen LogP contribution in [0.25, 0.3) is 0 Å². The van der Waals surface area contributed by atoms with Crippen molar-refractivity contribution in [1.82, 2.24) is 10.6 Å². The zero-order valence-corrected chi connectivity index (χ0v) is 10.7. The largest absolute Gasteiger partial charge is 0.480 e. The normalized spacial score (nSPS) is 13.7. The highest BCUT2D eigenvalue weighted by Crippen LogP contribution is 1.99. The molecule has 0 aliphatic heterocycles. The predicted octanol–water partition coefficient (Wildman–Crippen LogP) is -0.791. The van der Waals surface area contributed by atoms with Crippen LogP contribution in [0.1, 0.15) is 33.1 Å². The highest BCUT2D eigenvalue weighted by atomic mass is 16.4. The molecular weight excluding hydrogens is 238 g/mol. The van der Waals surface area contributed by atoms with E-state index >= 15 is 0 Å². The van der Waals surface area contributed by atoms with E-state index in [1.165, 1.54) is 0 Å². The summed E-state index contributed by atoms with van der Waals surface area (Å²) in [5.41, 5.74) is 4.94. The van der Waals surface area contributed by atoms with E-state index in [0.717, 1.165) is 6.54 Å². The van der Waals surface area contributed by atoms with Gasteiger partial charge in [0, 0.05) is 18.9 Å². The molecule has 7 nitrogen and oxygen atoms in total. The van der Waals surface area contributed by atoms with Crippen molar-refractivity contribution in [2.75, 3.05) is 6.54 Å². The molecule has 0 heterocycles. The SMILES string of the molecule is CCNC(C)CC(=O)N[C@H](CCC(N)=O)C(=O)O. The Morgan fingerprint density at radius 3 is 2.39 bits per heavy atom. The molecule has 7 heteroatoms. The quantitative estimate of drug-likeness (QED) is 0.432. The number of amides is 2. The van der Waals surface area contributed by atoms with Crippen LogP contribution in [0.15, 0.2) is 0 Å². The Bertz CT molecular complexity index is 307. The fraction of sp³-hybridized carbons (Fsp3) is 0.727. The topological polar surface area (TPSA) is 122 Å². The third-order valence-corrected chi connectivity index (χ3v) is 2.36. The molecule has 1 unspecified atom stereocenters. The minimum Gasteiger partial charge on any atom is -0.480 e. The summed E-state index contributed by atoms with van der Waals surface area (Å²) in [7, 11) is 0. The standard InChI is InChI=1S/C11H21N3O4/c1-3-13-7(2)6-10(16)14-8(11(17)18)4-5-9(12)15/h7-8,13H,3-6H2,1-2H3,(H2,12,15)(H,14,16)(H,17,18)/t7?,8-/m1/s1. The molecule has 2 amide bonds. The Labute approximate surface area is 106 Å². The van der Waals surface area contributed by atoms with E-state index in [1.54, 1.807) is 0 Å². The first kappa shape index (κ1) is 16.4. The first-order chi connectivity index (χ1) is 8.36. The molecule has 0 rings (SSSR count). The molecule has 0 fully saturated rings. The summed E-state index contributed by atoms with van der Waals surface area (Å²) in [6, 6.07) is -1.10. The number of primary amides is 1. The third-order valence-electron chi connectivity index (χ3n) is 2.36. The van der Waals surface area contributed by atoms with E-state index in [9.17, 15) is 14.4 Å². The molecule has 104 valence electrons. The van der Waals surface area contributed by atoms with Gasteiger partial charge < -0.3 is 21.5 Å². The maximum absolute atomic E-state index is 11.6. The lowest BCUT2D eigenvalue weighted by Crippen LogP contribution is -2.43. The molecule has 2 atom stereocenters. The Balaban J connectivity index is 4.19. The van der Waals surface area contributed by atoms with Crippen LogP contribution < -0.4 is 16.4 Å².